The van der Waals surface area contributed by atoms with Crippen LogP contribution >= 0.6 is 11.6 Å². The van der Waals surface area contributed by atoms with Gasteiger partial charge >= 0.3 is 0 Å². The number of aromatic nitrogens is 3. The average Bonchev–Trinajstić information content (AvgIpc) is 2.96. The summed E-state index contributed by atoms with van der Waals surface area (Å²) in [6.45, 7) is 0.668. The molecule has 2 atom stereocenters. The number of anilines is 1. The first-order valence-electron chi connectivity index (χ1n) is 7.07. The number of halogens is 1. The number of nitriles is 1. The molecule has 1 fully saturated rings. The highest BCUT2D eigenvalue weighted by atomic mass is 35.5. The van der Waals surface area contributed by atoms with E-state index in [0.29, 0.717) is 23.0 Å². The first-order chi connectivity index (χ1) is 10.7. The zero-order valence-electron chi connectivity index (χ0n) is 12.2. The molecule has 0 amide bonds. The van der Waals surface area contributed by atoms with Gasteiger partial charge in [0.25, 0.3) is 0 Å². The minimum Gasteiger partial charge on any atom is -0.372 e. The number of aryl methyl sites for hydroxylation is 1. The van der Waals surface area contributed by atoms with E-state index < -0.39 is 0 Å². The average molecular weight is 318 g/mol. The lowest BCUT2D eigenvalue weighted by molar-refractivity contribution is 0.00554. The van der Waals surface area contributed by atoms with E-state index in [-0.39, 0.29) is 12.1 Å². The van der Waals surface area contributed by atoms with E-state index >= 15 is 0 Å². The zero-order chi connectivity index (χ0) is 15.5. The number of pyridine rings is 1. The van der Waals surface area contributed by atoms with E-state index in [1.807, 2.05) is 23.9 Å². The maximum absolute atomic E-state index is 8.85. The maximum Gasteiger partial charge on any atom is 0.145 e. The molecule has 0 aromatic carbocycles. The molecule has 0 bridgehead atoms. The molecule has 2 aromatic heterocycles. The van der Waals surface area contributed by atoms with Crippen molar-refractivity contribution in [2.24, 2.45) is 7.05 Å². The van der Waals surface area contributed by atoms with E-state index in [9.17, 15) is 0 Å². The van der Waals surface area contributed by atoms with Gasteiger partial charge in [-0.3, -0.25) is 0 Å². The summed E-state index contributed by atoms with van der Waals surface area (Å²) in [5.74, 6) is 0.608. The third-order valence-electron chi connectivity index (χ3n) is 3.78. The Labute approximate surface area is 133 Å². The summed E-state index contributed by atoms with van der Waals surface area (Å²) < 4.78 is 7.81. The zero-order valence-corrected chi connectivity index (χ0v) is 12.9. The van der Waals surface area contributed by atoms with Crippen LogP contribution in [0.4, 0.5) is 5.82 Å². The van der Waals surface area contributed by atoms with Crippen molar-refractivity contribution in [3.63, 3.8) is 0 Å². The summed E-state index contributed by atoms with van der Waals surface area (Å²) in [5.41, 5.74) is 1.51. The summed E-state index contributed by atoms with van der Waals surface area (Å²) >= 11 is 6.17. The number of rotatable bonds is 3. The minimum absolute atomic E-state index is 0.0101. The number of hydrogen-bond acceptors (Lipinski definition) is 5. The number of imidazole rings is 1. The standard InChI is InChI=1S/C15H16ClN5O/c1-21-9-18-8-13(21)14-5-11(2-3-22-14)20-15-12(16)4-10(6-17)7-19-15/h4,7-9,11,14H,2-3,5H2,1H3,(H,19,20)/t11-,14-/m0/s1. The summed E-state index contributed by atoms with van der Waals surface area (Å²) in [6.07, 6.45) is 6.83. The SMILES string of the molecule is Cn1cncc1[C@@H]1C[C@@H](Nc2ncc(C#N)cc2Cl)CCO1. The Morgan fingerprint density at radius 1 is 1.50 bits per heavy atom. The number of ether oxygens (including phenoxy) is 1. The van der Waals surface area contributed by atoms with Crippen LogP contribution in [0.5, 0.6) is 0 Å². The molecule has 0 spiro atoms. The van der Waals surface area contributed by atoms with Crippen LogP contribution in [0.2, 0.25) is 5.02 Å². The molecule has 1 saturated heterocycles. The van der Waals surface area contributed by atoms with Gasteiger partial charge in [-0.05, 0) is 18.9 Å². The first kappa shape index (κ1) is 14.8. The van der Waals surface area contributed by atoms with Gasteiger partial charge in [0.05, 0.1) is 28.8 Å². The second-order valence-corrected chi connectivity index (χ2v) is 5.73. The Morgan fingerprint density at radius 3 is 3.05 bits per heavy atom. The summed E-state index contributed by atoms with van der Waals surface area (Å²) in [4.78, 5) is 8.36. The molecule has 0 saturated carbocycles. The molecule has 114 valence electrons. The Morgan fingerprint density at radius 2 is 2.36 bits per heavy atom. The van der Waals surface area contributed by atoms with Crippen LogP contribution in [-0.4, -0.2) is 27.2 Å². The fourth-order valence-electron chi connectivity index (χ4n) is 2.61. The quantitative estimate of drug-likeness (QED) is 0.942. The van der Waals surface area contributed by atoms with E-state index in [4.69, 9.17) is 21.6 Å². The highest BCUT2D eigenvalue weighted by Gasteiger charge is 2.26. The lowest BCUT2D eigenvalue weighted by atomic mass is 10.0. The van der Waals surface area contributed by atoms with Gasteiger partial charge in [-0.1, -0.05) is 11.6 Å². The molecular weight excluding hydrogens is 302 g/mol. The van der Waals surface area contributed by atoms with Gasteiger partial charge in [0.2, 0.25) is 0 Å². The van der Waals surface area contributed by atoms with E-state index in [1.165, 1.54) is 6.20 Å². The molecule has 22 heavy (non-hydrogen) atoms. The molecule has 7 heteroatoms. The molecule has 1 aliphatic heterocycles. The number of hydrogen-bond donors (Lipinski definition) is 1. The Balaban J connectivity index is 1.71. The van der Waals surface area contributed by atoms with Gasteiger partial charge in [-0.15, -0.1) is 0 Å². The third kappa shape index (κ3) is 3.06. The molecule has 0 aliphatic carbocycles. The molecule has 1 N–H and O–H groups in total. The summed E-state index contributed by atoms with van der Waals surface area (Å²) in [6, 6.07) is 3.86. The fraction of sp³-hybridized carbons (Fsp3) is 0.400. The van der Waals surface area contributed by atoms with Gasteiger partial charge in [-0.2, -0.15) is 5.26 Å². The molecular formula is C15H16ClN5O. The second kappa shape index (κ2) is 6.34. The highest BCUT2D eigenvalue weighted by Crippen LogP contribution is 2.30. The lowest BCUT2D eigenvalue weighted by Gasteiger charge is -2.30. The monoisotopic (exact) mass is 317 g/mol. The predicted molar refractivity (Wildman–Crippen MR) is 82.5 cm³/mol. The fourth-order valence-corrected chi connectivity index (χ4v) is 2.83. The van der Waals surface area contributed by atoms with Crippen molar-refractivity contribution in [2.75, 3.05) is 11.9 Å². The maximum atomic E-state index is 8.85. The molecule has 3 rings (SSSR count). The van der Waals surface area contributed by atoms with Gasteiger partial charge in [0.15, 0.2) is 0 Å². The topological polar surface area (TPSA) is 75.8 Å². The van der Waals surface area contributed by atoms with Crippen molar-refractivity contribution >= 4 is 17.4 Å². The summed E-state index contributed by atoms with van der Waals surface area (Å²) in [7, 11) is 1.96. The van der Waals surface area contributed by atoms with Gasteiger partial charge in [0, 0.05) is 25.9 Å². The van der Waals surface area contributed by atoms with Crippen molar-refractivity contribution in [1.29, 1.82) is 5.26 Å². The van der Waals surface area contributed by atoms with Crippen LogP contribution in [-0.2, 0) is 11.8 Å². The van der Waals surface area contributed by atoms with Crippen molar-refractivity contribution < 1.29 is 4.74 Å². The van der Waals surface area contributed by atoms with E-state index in [2.05, 4.69) is 15.3 Å². The first-order valence-corrected chi connectivity index (χ1v) is 7.45. The van der Waals surface area contributed by atoms with E-state index in [0.717, 1.165) is 18.5 Å². The van der Waals surface area contributed by atoms with Gasteiger partial charge in [-0.25, -0.2) is 9.97 Å². The Hall–Kier alpha value is -2.10. The van der Waals surface area contributed by atoms with Gasteiger partial charge < -0.3 is 14.6 Å². The number of nitrogens with one attached hydrogen (secondary N) is 1. The Bertz CT molecular complexity index is 708. The Kier molecular flexibility index (Phi) is 4.27. The van der Waals surface area contributed by atoms with Crippen LogP contribution in [0.1, 0.15) is 30.2 Å². The molecule has 2 aromatic rings. The smallest absolute Gasteiger partial charge is 0.145 e. The minimum atomic E-state index is 0.0101. The van der Waals surface area contributed by atoms with Crippen LogP contribution in [0.15, 0.2) is 24.8 Å². The molecule has 0 unspecified atom stereocenters. The van der Waals surface area contributed by atoms with Crippen molar-refractivity contribution in [3.05, 3.63) is 41.1 Å². The molecule has 6 nitrogen and oxygen atoms in total. The van der Waals surface area contributed by atoms with Crippen LogP contribution in [0, 0.1) is 11.3 Å². The van der Waals surface area contributed by atoms with Gasteiger partial charge in [0.1, 0.15) is 18.0 Å². The largest absolute Gasteiger partial charge is 0.372 e. The molecule has 0 radical (unpaired) electrons. The second-order valence-electron chi connectivity index (χ2n) is 5.32. The predicted octanol–water partition coefficient (Wildman–Crippen LogP) is 2.67. The third-order valence-corrected chi connectivity index (χ3v) is 4.07. The van der Waals surface area contributed by atoms with E-state index in [1.54, 1.807) is 12.4 Å². The van der Waals surface area contributed by atoms with Crippen LogP contribution in [0.3, 0.4) is 0 Å². The molecule has 1 aliphatic rings. The summed E-state index contributed by atoms with van der Waals surface area (Å²) in [5, 5.41) is 12.7. The molecule has 3 heterocycles. The van der Waals surface area contributed by atoms with Crippen molar-refractivity contribution in [3.8, 4) is 6.07 Å². The highest BCUT2D eigenvalue weighted by molar-refractivity contribution is 6.33. The number of nitrogens with zero attached hydrogens (tertiary/aromatic N) is 4. The normalized spacial score (nSPS) is 21.3. The lowest BCUT2D eigenvalue weighted by Crippen LogP contribution is -2.31. The van der Waals surface area contributed by atoms with Crippen molar-refractivity contribution in [2.45, 2.75) is 25.0 Å². The van der Waals surface area contributed by atoms with Crippen molar-refractivity contribution in [1.82, 2.24) is 14.5 Å². The van der Waals surface area contributed by atoms with Crippen LogP contribution in [0.25, 0.3) is 0 Å². The van der Waals surface area contributed by atoms with Crippen LogP contribution < -0.4 is 5.32 Å².